The Kier molecular flexibility index (Phi) is 2.09. The summed E-state index contributed by atoms with van der Waals surface area (Å²) in [6.07, 6.45) is 0.619. The van der Waals surface area contributed by atoms with E-state index < -0.39 is 17.1 Å². The molecule has 12 heavy (non-hydrogen) atoms. The van der Waals surface area contributed by atoms with Crippen molar-refractivity contribution in [3.63, 3.8) is 0 Å². The minimum absolute atomic E-state index is 0.300. The van der Waals surface area contributed by atoms with Gasteiger partial charge in [-0.3, -0.25) is 4.79 Å². The number of carboxylic acid groups (broad SMARTS) is 1. The van der Waals surface area contributed by atoms with Crippen molar-refractivity contribution in [3.05, 3.63) is 0 Å². The number of rotatable bonds is 4. The van der Waals surface area contributed by atoms with Crippen LogP contribution in [0.25, 0.3) is 0 Å². The lowest BCUT2D eigenvalue weighted by molar-refractivity contribution is -0.907. The van der Waals surface area contributed by atoms with E-state index in [1.165, 1.54) is 0 Å². The minimum Gasteiger partial charge on any atom is -0.544 e. The average Bonchev–Trinajstić information content (AvgIpc) is 2.00. The van der Waals surface area contributed by atoms with Crippen LogP contribution in [-0.4, -0.2) is 36.0 Å². The van der Waals surface area contributed by atoms with Gasteiger partial charge in [0.05, 0.1) is 5.97 Å². The summed E-state index contributed by atoms with van der Waals surface area (Å²) in [7, 11) is 0. The number of aliphatic carboxylic acids is 1. The third kappa shape index (κ3) is 1.28. The summed E-state index contributed by atoms with van der Waals surface area (Å²) >= 11 is 0. The van der Waals surface area contributed by atoms with Crippen molar-refractivity contribution in [1.29, 1.82) is 0 Å². The highest BCUT2D eigenvalue weighted by Crippen LogP contribution is 2.16. The summed E-state index contributed by atoms with van der Waals surface area (Å²) in [6, 6.07) is 0. The smallest absolute Gasteiger partial charge is 0.344 e. The number of quaternary nitrogens is 1. The van der Waals surface area contributed by atoms with Crippen LogP contribution in [0.15, 0.2) is 0 Å². The van der Waals surface area contributed by atoms with Crippen molar-refractivity contribution < 1.29 is 24.1 Å². The fourth-order valence-corrected chi connectivity index (χ4v) is 1.14. The summed E-state index contributed by atoms with van der Waals surface area (Å²) in [5.74, 6) is -1.65. The molecule has 1 unspecified atom stereocenters. The summed E-state index contributed by atoms with van der Waals surface area (Å²) in [4.78, 5) is 31.2. The molecule has 1 aliphatic heterocycles. The van der Waals surface area contributed by atoms with E-state index in [1.54, 1.807) is 0 Å². The molecular weight excluding hydrogens is 164 g/mol. The zero-order chi connectivity index (χ0) is 9.19. The highest BCUT2D eigenvalue weighted by atomic mass is 16.4. The first-order chi connectivity index (χ1) is 5.60. The predicted octanol–water partition coefficient (Wildman–Crippen LogP) is -2.86. The van der Waals surface area contributed by atoms with E-state index in [4.69, 9.17) is 0 Å². The number of amides is 2. The third-order valence-electron chi connectivity index (χ3n) is 1.88. The van der Waals surface area contributed by atoms with Gasteiger partial charge in [-0.25, -0.2) is 4.79 Å². The number of likely N-dealkylation sites (tertiary alicyclic amines) is 1. The standard InChI is InChI=1S/C6H8N2O4/c9-4-7-8(3-6(11)12)2-1-5(8)10/h4H,1-3H2,(H-,7,9,11,12). The molecule has 1 fully saturated rings. The molecule has 0 aromatic rings. The highest BCUT2D eigenvalue weighted by molar-refractivity contribution is 5.77. The molecule has 6 nitrogen and oxygen atoms in total. The van der Waals surface area contributed by atoms with Crippen LogP contribution in [0.4, 0.5) is 0 Å². The number of nitrogens with one attached hydrogen (secondary N) is 1. The van der Waals surface area contributed by atoms with E-state index >= 15 is 0 Å². The third-order valence-corrected chi connectivity index (χ3v) is 1.88. The predicted molar refractivity (Wildman–Crippen MR) is 33.8 cm³/mol. The monoisotopic (exact) mass is 172 g/mol. The van der Waals surface area contributed by atoms with Crippen molar-refractivity contribution in [2.45, 2.75) is 6.42 Å². The van der Waals surface area contributed by atoms with Crippen molar-refractivity contribution >= 4 is 18.3 Å². The Morgan fingerprint density at radius 1 is 1.75 bits per heavy atom. The Bertz CT molecular complexity index is 240. The van der Waals surface area contributed by atoms with E-state index in [0.29, 0.717) is 19.4 Å². The molecule has 1 heterocycles. The number of β-lactam (4-membered cyclic amide) rings is 1. The van der Waals surface area contributed by atoms with Crippen LogP contribution in [-0.2, 0) is 14.4 Å². The number of carboxylic acids is 1. The van der Waals surface area contributed by atoms with Gasteiger partial charge in [0.2, 0.25) is 0 Å². The Morgan fingerprint density at radius 2 is 2.42 bits per heavy atom. The number of carbonyl (C=O) groups is 3. The van der Waals surface area contributed by atoms with Gasteiger partial charge in [0, 0.05) is 0 Å². The minimum atomic E-state index is -1.35. The van der Waals surface area contributed by atoms with E-state index in [9.17, 15) is 19.5 Å². The summed E-state index contributed by atoms with van der Waals surface area (Å²) < 4.78 is -0.508. The Balaban J connectivity index is 2.66. The van der Waals surface area contributed by atoms with Gasteiger partial charge >= 0.3 is 5.91 Å². The van der Waals surface area contributed by atoms with Gasteiger partial charge in [-0.15, -0.1) is 0 Å². The van der Waals surface area contributed by atoms with Gasteiger partial charge in [-0.05, 0) is 0 Å². The number of carbonyl (C=O) groups excluding carboxylic acids is 3. The van der Waals surface area contributed by atoms with Crippen LogP contribution in [0.3, 0.4) is 0 Å². The maximum Gasteiger partial charge on any atom is 0.344 e. The highest BCUT2D eigenvalue weighted by Gasteiger charge is 2.46. The van der Waals surface area contributed by atoms with Gasteiger partial charge in [-0.2, -0.15) is 10.0 Å². The molecule has 1 atom stereocenters. The van der Waals surface area contributed by atoms with Crippen molar-refractivity contribution in [3.8, 4) is 0 Å². The van der Waals surface area contributed by atoms with Crippen molar-refractivity contribution in [2.75, 3.05) is 13.1 Å². The van der Waals surface area contributed by atoms with Crippen LogP contribution in [0.5, 0.6) is 0 Å². The quantitative estimate of drug-likeness (QED) is 0.281. The summed E-state index contributed by atoms with van der Waals surface area (Å²) in [6.45, 7) is -0.164. The van der Waals surface area contributed by atoms with E-state index in [-0.39, 0.29) is 5.91 Å². The van der Waals surface area contributed by atoms with Crippen LogP contribution < -0.4 is 10.5 Å². The fourth-order valence-electron chi connectivity index (χ4n) is 1.14. The molecule has 0 spiro atoms. The molecule has 6 heteroatoms. The molecule has 1 aliphatic rings. The van der Waals surface area contributed by atoms with Gasteiger partial charge in [0.15, 0.2) is 0 Å². The molecule has 1 rings (SSSR count). The topological polar surface area (TPSA) is 86.3 Å². The lowest BCUT2D eigenvalue weighted by Gasteiger charge is -2.39. The zero-order valence-electron chi connectivity index (χ0n) is 6.28. The first kappa shape index (κ1) is 8.66. The maximum atomic E-state index is 10.9. The SMILES string of the molecule is O=CN[N+]1(CC(=O)[O-])CCC1=O. The van der Waals surface area contributed by atoms with Crippen LogP contribution in [0.1, 0.15) is 6.42 Å². The molecule has 1 saturated heterocycles. The molecule has 66 valence electrons. The van der Waals surface area contributed by atoms with Crippen LogP contribution in [0, 0.1) is 0 Å². The molecule has 0 aromatic heterocycles. The van der Waals surface area contributed by atoms with E-state index in [2.05, 4.69) is 5.43 Å². The molecule has 0 bridgehead atoms. The Morgan fingerprint density at radius 3 is 2.67 bits per heavy atom. The molecule has 0 saturated carbocycles. The van der Waals surface area contributed by atoms with E-state index in [0.717, 1.165) is 0 Å². The Hall–Kier alpha value is -1.43. The summed E-state index contributed by atoms with van der Waals surface area (Å²) in [5, 5.41) is 10.2. The van der Waals surface area contributed by atoms with Crippen LogP contribution in [0.2, 0.25) is 0 Å². The van der Waals surface area contributed by atoms with Crippen molar-refractivity contribution in [1.82, 2.24) is 5.43 Å². The first-order valence-electron chi connectivity index (χ1n) is 3.42. The lowest BCUT2D eigenvalue weighted by atomic mass is 10.2. The molecule has 0 aromatic carbocycles. The van der Waals surface area contributed by atoms with Gasteiger partial charge in [0.25, 0.3) is 6.41 Å². The average molecular weight is 172 g/mol. The first-order valence-corrected chi connectivity index (χ1v) is 3.42. The second-order valence-corrected chi connectivity index (χ2v) is 2.61. The van der Waals surface area contributed by atoms with Gasteiger partial charge in [0.1, 0.15) is 19.5 Å². The molecular formula is C6H8N2O4. The molecule has 1 N–H and O–H groups in total. The largest absolute Gasteiger partial charge is 0.544 e. The second-order valence-electron chi connectivity index (χ2n) is 2.61. The zero-order valence-corrected chi connectivity index (χ0v) is 6.28. The molecule has 2 amide bonds. The molecule has 0 aliphatic carbocycles. The normalized spacial score (nSPS) is 27.5. The number of hydrogen-bond acceptors (Lipinski definition) is 4. The van der Waals surface area contributed by atoms with Crippen LogP contribution >= 0.6 is 0 Å². The maximum absolute atomic E-state index is 10.9. The second kappa shape index (κ2) is 2.90. The molecule has 0 radical (unpaired) electrons. The van der Waals surface area contributed by atoms with Crippen molar-refractivity contribution in [2.24, 2.45) is 0 Å². The summed E-state index contributed by atoms with van der Waals surface area (Å²) in [5.41, 5.74) is 2.16. The number of nitrogens with zero attached hydrogens (tertiary/aromatic N) is 1. The van der Waals surface area contributed by atoms with Gasteiger partial charge in [-0.1, -0.05) is 0 Å². The van der Waals surface area contributed by atoms with E-state index in [1.807, 2.05) is 0 Å². The lowest BCUT2D eigenvalue weighted by Crippen LogP contribution is -2.71. The number of hydrogen-bond donors (Lipinski definition) is 1. The Labute approximate surface area is 68.3 Å². The van der Waals surface area contributed by atoms with Gasteiger partial charge < -0.3 is 9.90 Å². The fraction of sp³-hybridized carbons (Fsp3) is 0.500.